The molecule has 1 aliphatic rings. The molecule has 0 aromatic carbocycles. The lowest BCUT2D eigenvalue weighted by Gasteiger charge is -2.22. The van der Waals surface area contributed by atoms with Gasteiger partial charge in [0.05, 0.1) is 5.69 Å². The van der Waals surface area contributed by atoms with E-state index in [0.29, 0.717) is 4.99 Å². The second-order valence-corrected chi connectivity index (χ2v) is 4.60. The summed E-state index contributed by atoms with van der Waals surface area (Å²) < 4.78 is 0. The number of nitrogens with two attached hydrogens (primary N) is 1. The van der Waals surface area contributed by atoms with Gasteiger partial charge in [-0.1, -0.05) is 25.1 Å². The first-order chi connectivity index (χ1) is 7.77. The summed E-state index contributed by atoms with van der Waals surface area (Å²) in [7, 11) is 0. The fourth-order valence-corrected chi connectivity index (χ4v) is 2.19. The second-order valence-electron chi connectivity index (χ2n) is 4.16. The molecule has 0 aliphatic carbocycles. The first-order valence-corrected chi connectivity index (χ1v) is 6.19. The SMILES string of the molecule is NC(=S)c1cc(N2CCCCCC2)ccn1. The van der Waals surface area contributed by atoms with Crippen molar-refractivity contribution in [2.24, 2.45) is 5.73 Å². The molecule has 1 fully saturated rings. The molecule has 86 valence electrons. The molecule has 2 rings (SSSR count). The third-order valence-electron chi connectivity index (χ3n) is 2.97. The number of hydrogen-bond donors (Lipinski definition) is 1. The van der Waals surface area contributed by atoms with Gasteiger partial charge in [0.25, 0.3) is 0 Å². The van der Waals surface area contributed by atoms with Gasteiger partial charge in [0.2, 0.25) is 0 Å². The van der Waals surface area contributed by atoms with Crippen LogP contribution < -0.4 is 10.6 Å². The summed E-state index contributed by atoms with van der Waals surface area (Å²) in [5.41, 5.74) is 7.51. The van der Waals surface area contributed by atoms with Crippen LogP contribution in [-0.2, 0) is 0 Å². The maximum atomic E-state index is 5.59. The van der Waals surface area contributed by atoms with E-state index in [2.05, 4.69) is 9.88 Å². The lowest BCUT2D eigenvalue weighted by Crippen LogP contribution is -2.24. The van der Waals surface area contributed by atoms with Crippen molar-refractivity contribution >= 4 is 22.9 Å². The zero-order chi connectivity index (χ0) is 11.4. The van der Waals surface area contributed by atoms with Crippen LogP contribution in [0.15, 0.2) is 18.3 Å². The standard InChI is InChI=1S/C12H17N3S/c13-12(16)11-9-10(5-6-14-11)15-7-3-1-2-4-8-15/h5-6,9H,1-4,7-8H2,(H2,13,16). The van der Waals surface area contributed by atoms with Crippen LogP contribution in [0.4, 0.5) is 5.69 Å². The molecule has 2 N–H and O–H groups in total. The van der Waals surface area contributed by atoms with Crippen molar-refractivity contribution < 1.29 is 0 Å². The molecule has 0 amide bonds. The minimum atomic E-state index is 0.372. The Morgan fingerprint density at radius 3 is 2.56 bits per heavy atom. The number of aromatic nitrogens is 1. The van der Waals surface area contributed by atoms with Crippen LogP contribution in [-0.4, -0.2) is 23.1 Å². The quantitative estimate of drug-likeness (QED) is 0.797. The van der Waals surface area contributed by atoms with Crippen LogP contribution in [0.1, 0.15) is 31.4 Å². The van der Waals surface area contributed by atoms with E-state index < -0.39 is 0 Å². The minimum absolute atomic E-state index is 0.372. The fraction of sp³-hybridized carbons (Fsp3) is 0.500. The first kappa shape index (κ1) is 11.3. The molecule has 3 nitrogen and oxygen atoms in total. The predicted octanol–water partition coefficient (Wildman–Crippen LogP) is 2.10. The topological polar surface area (TPSA) is 42.1 Å². The van der Waals surface area contributed by atoms with Crippen molar-refractivity contribution in [1.29, 1.82) is 0 Å². The summed E-state index contributed by atoms with van der Waals surface area (Å²) in [6.45, 7) is 2.25. The molecule has 1 saturated heterocycles. The van der Waals surface area contributed by atoms with Crippen molar-refractivity contribution in [3.63, 3.8) is 0 Å². The van der Waals surface area contributed by atoms with Crippen LogP contribution in [0.25, 0.3) is 0 Å². The van der Waals surface area contributed by atoms with Gasteiger partial charge in [-0.15, -0.1) is 0 Å². The van der Waals surface area contributed by atoms with E-state index in [9.17, 15) is 0 Å². The largest absolute Gasteiger partial charge is 0.388 e. The van der Waals surface area contributed by atoms with Crippen molar-refractivity contribution in [2.45, 2.75) is 25.7 Å². The molecule has 1 aromatic rings. The fourth-order valence-electron chi connectivity index (χ4n) is 2.08. The van der Waals surface area contributed by atoms with Crippen molar-refractivity contribution in [1.82, 2.24) is 4.98 Å². The Bertz CT molecular complexity index is 370. The van der Waals surface area contributed by atoms with Gasteiger partial charge < -0.3 is 10.6 Å². The van der Waals surface area contributed by atoms with Gasteiger partial charge in [0, 0.05) is 25.0 Å². The molecule has 0 bridgehead atoms. The maximum Gasteiger partial charge on any atom is 0.122 e. The molecule has 0 unspecified atom stereocenters. The summed E-state index contributed by atoms with van der Waals surface area (Å²) in [6.07, 6.45) is 7.00. The molecule has 0 atom stereocenters. The second kappa shape index (κ2) is 5.25. The predicted molar refractivity (Wildman–Crippen MR) is 70.8 cm³/mol. The molecule has 2 heterocycles. The highest BCUT2D eigenvalue weighted by Crippen LogP contribution is 2.19. The zero-order valence-electron chi connectivity index (χ0n) is 9.35. The molecule has 1 aromatic heterocycles. The van der Waals surface area contributed by atoms with Crippen LogP contribution in [0.2, 0.25) is 0 Å². The van der Waals surface area contributed by atoms with Gasteiger partial charge in [-0.3, -0.25) is 4.98 Å². The Balaban J connectivity index is 2.18. The molecule has 0 saturated carbocycles. The Morgan fingerprint density at radius 1 is 1.25 bits per heavy atom. The Labute approximate surface area is 102 Å². The van der Waals surface area contributed by atoms with Crippen molar-refractivity contribution in [2.75, 3.05) is 18.0 Å². The average molecular weight is 235 g/mol. The molecular formula is C12H17N3S. The highest BCUT2D eigenvalue weighted by atomic mass is 32.1. The van der Waals surface area contributed by atoms with Gasteiger partial charge >= 0.3 is 0 Å². The monoisotopic (exact) mass is 235 g/mol. The van der Waals surface area contributed by atoms with Crippen molar-refractivity contribution in [3.8, 4) is 0 Å². The third-order valence-corrected chi connectivity index (χ3v) is 3.18. The smallest absolute Gasteiger partial charge is 0.122 e. The van der Waals surface area contributed by atoms with Crippen LogP contribution in [0.5, 0.6) is 0 Å². The van der Waals surface area contributed by atoms with Gasteiger partial charge in [0.15, 0.2) is 0 Å². The Hall–Kier alpha value is -1.16. The van der Waals surface area contributed by atoms with Crippen molar-refractivity contribution in [3.05, 3.63) is 24.0 Å². The zero-order valence-corrected chi connectivity index (χ0v) is 10.2. The summed E-state index contributed by atoms with van der Waals surface area (Å²) in [6, 6.07) is 4.03. The van der Waals surface area contributed by atoms with E-state index in [-0.39, 0.29) is 0 Å². The molecule has 1 aliphatic heterocycles. The van der Waals surface area contributed by atoms with E-state index in [1.54, 1.807) is 6.20 Å². The van der Waals surface area contributed by atoms with Gasteiger partial charge in [0.1, 0.15) is 4.99 Å². The molecule has 16 heavy (non-hydrogen) atoms. The summed E-state index contributed by atoms with van der Waals surface area (Å²) in [4.78, 5) is 6.94. The summed E-state index contributed by atoms with van der Waals surface area (Å²) >= 11 is 4.95. The number of rotatable bonds is 2. The van der Waals surface area contributed by atoms with Gasteiger partial charge in [-0.05, 0) is 25.0 Å². The van der Waals surface area contributed by atoms with E-state index in [1.165, 1.54) is 31.4 Å². The molecule has 4 heteroatoms. The van der Waals surface area contributed by atoms with E-state index >= 15 is 0 Å². The maximum absolute atomic E-state index is 5.59. The van der Waals surface area contributed by atoms with Gasteiger partial charge in [-0.25, -0.2) is 0 Å². The van der Waals surface area contributed by atoms with E-state index in [4.69, 9.17) is 18.0 Å². The van der Waals surface area contributed by atoms with Crippen LogP contribution >= 0.6 is 12.2 Å². The Kier molecular flexibility index (Phi) is 3.72. The van der Waals surface area contributed by atoms with E-state index in [1.807, 2.05) is 12.1 Å². The highest BCUT2D eigenvalue weighted by molar-refractivity contribution is 7.80. The molecule has 0 radical (unpaired) electrons. The van der Waals surface area contributed by atoms with E-state index in [0.717, 1.165) is 18.8 Å². The highest BCUT2D eigenvalue weighted by Gasteiger charge is 2.10. The minimum Gasteiger partial charge on any atom is -0.388 e. The number of thiocarbonyl (C=S) groups is 1. The normalized spacial score (nSPS) is 16.9. The Morgan fingerprint density at radius 2 is 1.94 bits per heavy atom. The summed E-state index contributed by atoms with van der Waals surface area (Å²) in [5.74, 6) is 0. The van der Waals surface area contributed by atoms with Crippen LogP contribution in [0.3, 0.4) is 0 Å². The molecular weight excluding hydrogens is 218 g/mol. The molecule has 0 spiro atoms. The lowest BCUT2D eigenvalue weighted by atomic mass is 10.2. The third kappa shape index (κ3) is 2.70. The van der Waals surface area contributed by atoms with Crippen LogP contribution in [0, 0.1) is 0 Å². The lowest BCUT2D eigenvalue weighted by molar-refractivity contribution is 0.726. The number of pyridine rings is 1. The summed E-state index contributed by atoms with van der Waals surface area (Å²) in [5, 5.41) is 0. The number of anilines is 1. The number of nitrogens with zero attached hydrogens (tertiary/aromatic N) is 2. The average Bonchev–Trinajstić information content (AvgIpc) is 2.57. The first-order valence-electron chi connectivity index (χ1n) is 5.78. The van der Waals surface area contributed by atoms with Gasteiger partial charge in [-0.2, -0.15) is 0 Å². The number of hydrogen-bond acceptors (Lipinski definition) is 3.